The average molecular weight is 247 g/mol. The Kier molecular flexibility index (Phi) is 3.42. The highest BCUT2D eigenvalue weighted by molar-refractivity contribution is 5.29. The first kappa shape index (κ1) is 12.2. The van der Waals surface area contributed by atoms with Crippen molar-refractivity contribution >= 4 is 0 Å². The van der Waals surface area contributed by atoms with Crippen molar-refractivity contribution < 1.29 is 0 Å². The van der Waals surface area contributed by atoms with E-state index in [1.54, 1.807) is 5.56 Å². The van der Waals surface area contributed by atoms with Crippen LogP contribution in [0.5, 0.6) is 0 Å². The number of hydrogen-bond donors (Lipinski definition) is 1. The molecule has 1 aromatic heterocycles. The summed E-state index contributed by atoms with van der Waals surface area (Å²) < 4.78 is 0. The Morgan fingerprint density at radius 1 is 1.33 bits per heavy atom. The van der Waals surface area contributed by atoms with Crippen LogP contribution in [0.15, 0.2) is 0 Å². The van der Waals surface area contributed by atoms with Crippen molar-refractivity contribution in [3.63, 3.8) is 0 Å². The van der Waals surface area contributed by atoms with Gasteiger partial charge in [-0.05, 0) is 63.1 Å². The molecule has 1 aromatic rings. The second-order valence-electron chi connectivity index (χ2n) is 6.21. The minimum atomic E-state index is 0.870. The molecule has 0 radical (unpaired) electrons. The van der Waals surface area contributed by atoms with E-state index in [0.29, 0.717) is 0 Å². The number of H-pyrrole nitrogens is 1. The molecule has 0 amide bonds. The number of nitrogens with one attached hydrogen (secondary N) is 1. The molecule has 2 heterocycles. The predicted octanol–water partition coefficient (Wildman–Crippen LogP) is 2.42. The highest BCUT2D eigenvalue weighted by atomic mass is 15.1. The van der Waals surface area contributed by atoms with Gasteiger partial charge in [-0.15, -0.1) is 0 Å². The molecule has 1 fully saturated rings. The van der Waals surface area contributed by atoms with E-state index in [1.165, 1.54) is 56.6 Å². The average Bonchev–Trinajstić information content (AvgIpc) is 2.76. The van der Waals surface area contributed by atoms with Gasteiger partial charge in [0.15, 0.2) is 0 Å². The summed E-state index contributed by atoms with van der Waals surface area (Å²) in [5.41, 5.74) is 4.38. The zero-order valence-corrected chi connectivity index (χ0v) is 11.7. The molecule has 3 heteroatoms. The first-order chi connectivity index (χ1) is 8.78. The Labute approximate surface area is 110 Å². The summed E-state index contributed by atoms with van der Waals surface area (Å²) >= 11 is 0. The van der Waals surface area contributed by atoms with Crippen LogP contribution < -0.4 is 0 Å². The summed E-state index contributed by atoms with van der Waals surface area (Å²) in [4.78, 5) is 2.50. The smallest absolute Gasteiger partial charge is 0.0657 e. The quantitative estimate of drug-likeness (QED) is 0.889. The van der Waals surface area contributed by atoms with Gasteiger partial charge in [0.25, 0.3) is 0 Å². The van der Waals surface area contributed by atoms with Crippen molar-refractivity contribution in [1.29, 1.82) is 0 Å². The van der Waals surface area contributed by atoms with Crippen LogP contribution in [0.1, 0.15) is 43.1 Å². The van der Waals surface area contributed by atoms with Crippen molar-refractivity contribution in [2.75, 3.05) is 20.1 Å². The fraction of sp³-hybridized carbons (Fsp3) is 0.800. The molecule has 100 valence electrons. The molecule has 0 spiro atoms. The van der Waals surface area contributed by atoms with Crippen LogP contribution in [0, 0.1) is 11.8 Å². The number of piperidine rings is 1. The standard InChI is InChI=1S/C15H25N3/c1-3-4-5-14-13-8-12-10-18(2)7-6-11(12)9-15(13)17-16-14/h11-12H,3-10H2,1-2H3,(H,16,17)/t11-,12-/m0/s1. The lowest BCUT2D eigenvalue weighted by molar-refractivity contribution is 0.133. The van der Waals surface area contributed by atoms with E-state index in [1.807, 2.05) is 0 Å². The Hall–Kier alpha value is -0.830. The van der Waals surface area contributed by atoms with Crippen LogP contribution >= 0.6 is 0 Å². The molecule has 3 nitrogen and oxygen atoms in total. The van der Waals surface area contributed by atoms with E-state index in [-0.39, 0.29) is 0 Å². The largest absolute Gasteiger partial charge is 0.306 e. The Morgan fingerprint density at radius 3 is 3.06 bits per heavy atom. The van der Waals surface area contributed by atoms with Crippen molar-refractivity contribution in [3.05, 3.63) is 17.0 Å². The zero-order chi connectivity index (χ0) is 12.5. The number of hydrogen-bond acceptors (Lipinski definition) is 2. The summed E-state index contributed by atoms with van der Waals surface area (Å²) in [5, 5.41) is 7.89. The summed E-state index contributed by atoms with van der Waals surface area (Å²) in [5.74, 6) is 1.77. The van der Waals surface area contributed by atoms with Gasteiger partial charge in [0.2, 0.25) is 0 Å². The van der Waals surface area contributed by atoms with Gasteiger partial charge in [0, 0.05) is 12.2 Å². The van der Waals surface area contributed by atoms with Crippen LogP contribution in [-0.4, -0.2) is 35.2 Å². The van der Waals surface area contributed by atoms with Gasteiger partial charge in [-0.25, -0.2) is 0 Å². The fourth-order valence-electron chi connectivity index (χ4n) is 3.69. The van der Waals surface area contributed by atoms with E-state index in [2.05, 4.69) is 29.1 Å². The first-order valence-corrected chi connectivity index (χ1v) is 7.51. The van der Waals surface area contributed by atoms with Crippen LogP contribution in [0.3, 0.4) is 0 Å². The van der Waals surface area contributed by atoms with Gasteiger partial charge in [-0.3, -0.25) is 5.10 Å². The number of aryl methyl sites for hydroxylation is 1. The third kappa shape index (κ3) is 2.20. The second-order valence-corrected chi connectivity index (χ2v) is 6.21. The summed E-state index contributed by atoms with van der Waals surface area (Å²) in [6.45, 7) is 4.81. The summed E-state index contributed by atoms with van der Waals surface area (Å²) in [7, 11) is 2.26. The number of rotatable bonds is 3. The van der Waals surface area contributed by atoms with Gasteiger partial charge in [0.1, 0.15) is 0 Å². The van der Waals surface area contributed by atoms with E-state index < -0.39 is 0 Å². The lowest BCUT2D eigenvalue weighted by Gasteiger charge is -2.39. The molecule has 2 atom stereocenters. The molecule has 1 aliphatic carbocycles. The monoisotopic (exact) mass is 247 g/mol. The molecule has 1 aliphatic heterocycles. The number of aromatic nitrogens is 2. The van der Waals surface area contributed by atoms with Gasteiger partial charge < -0.3 is 4.90 Å². The molecule has 2 aliphatic rings. The maximum atomic E-state index is 4.57. The highest BCUT2D eigenvalue weighted by Crippen LogP contribution is 2.36. The molecular weight excluding hydrogens is 222 g/mol. The molecule has 0 unspecified atom stereocenters. The number of unbranched alkanes of at least 4 members (excludes halogenated alkanes) is 1. The van der Waals surface area contributed by atoms with Gasteiger partial charge in [-0.1, -0.05) is 13.3 Å². The summed E-state index contributed by atoms with van der Waals surface area (Å²) in [6.07, 6.45) is 7.56. The Bertz CT molecular complexity index is 396. The van der Waals surface area contributed by atoms with Crippen LogP contribution in [-0.2, 0) is 19.3 Å². The first-order valence-electron chi connectivity index (χ1n) is 7.51. The minimum absolute atomic E-state index is 0.870. The van der Waals surface area contributed by atoms with Crippen LogP contribution in [0.2, 0.25) is 0 Å². The molecule has 0 saturated carbocycles. The number of likely N-dealkylation sites (tertiary alicyclic amines) is 1. The van der Waals surface area contributed by atoms with Crippen molar-refractivity contribution in [2.24, 2.45) is 11.8 Å². The van der Waals surface area contributed by atoms with E-state index >= 15 is 0 Å². The van der Waals surface area contributed by atoms with Crippen LogP contribution in [0.25, 0.3) is 0 Å². The van der Waals surface area contributed by atoms with E-state index in [0.717, 1.165) is 18.3 Å². The summed E-state index contributed by atoms with van der Waals surface area (Å²) in [6, 6.07) is 0. The maximum absolute atomic E-state index is 4.57. The SMILES string of the molecule is CCCCc1n[nH]c2c1C[C@H]1CN(C)CC[C@H]1C2. The number of fused-ring (bicyclic) bond motifs is 2. The van der Waals surface area contributed by atoms with Crippen molar-refractivity contribution in [2.45, 2.75) is 45.4 Å². The number of aromatic amines is 1. The Balaban J connectivity index is 1.77. The molecule has 3 rings (SSSR count). The van der Waals surface area contributed by atoms with Crippen molar-refractivity contribution in [1.82, 2.24) is 15.1 Å². The molecule has 0 bridgehead atoms. The fourth-order valence-corrected chi connectivity index (χ4v) is 3.69. The van der Waals surface area contributed by atoms with Gasteiger partial charge in [-0.2, -0.15) is 5.10 Å². The normalized spacial score (nSPS) is 27.9. The molecule has 0 aromatic carbocycles. The zero-order valence-electron chi connectivity index (χ0n) is 11.7. The van der Waals surface area contributed by atoms with Crippen LogP contribution in [0.4, 0.5) is 0 Å². The molecule has 1 saturated heterocycles. The van der Waals surface area contributed by atoms with Gasteiger partial charge in [0.05, 0.1) is 5.69 Å². The predicted molar refractivity (Wildman–Crippen MR) is 73.7 cm³/mol. The molecule has 18 heavy (non-hydrogen) atoms. The lowest BCUT2D eigenvalue weighted by Crippen LogP contribution is -2.41. The highest BCUT2D eigenvalue weighted by Gasteiger charge is 2.34. The Morgan fingerprint density at radius 2 is 2.22 bits per heavy atom. The maximum Gasteiger partial charge on any atom is 0.0657 e. The van der Waals surface area contributed by atoms with E-state index in [4.69, 9.17) is 0 Å². The topological polar surface area (TPSA) is 31.9 Å². The van der Waals surface area contributed by atoms with Gasteiger partial charge >= 0.3 is 0 Å². The third-order valence-electron chi connectivity index (χ3n) is 4.83. The molecule has 1 N–H and O–H groups in total. The third-order valence-corrected chi connectivity index (χ3v) is 4.83. The molecular formula is C15H25N3. The number of nitrogens with zero attached hydrogens (tertiary/aromatic N) is 2. The van der Waals surface area contributed by atoms with Crippen molar-refractivity contribution in [3.8, 4) is 0 Å². The minimum Gasteiger partial charge on any atom is -0.306 e. The van der Waals surface area contributed by atoms with E-state index in [9.17, 15) is 0 Å². The second kappa shape index (κ2) is 5.04. The lowest BCUT2D eigenvalue weighted by atomic mass is 9.74.